The van der Waals surface area contributed by atoms with Crippen molar-refractivity contribution < 1.29 is 5.11 Å². The van der Waals surface area contributed by atoms with Crippen molar-refractivity contribution in [1.29, 1.82) is 0 Å². The smallest absolute Gasteiger partial charge is 0.0705 e. The second-order valence-corrected chi connectivity index (χ2v) is 4.41. The van der Waals surface area contributed by atoms with Gasteiger partial charge >= 0.3 is 0 Å². The van der Waals surface area contributed by atoms with Crippen molar-refractivity contribution in [3.63, 3.8) is 0 Å². The van der Waals surface area contributed by atoms with Gasteiger partial charge in [0.05, 0.1) is 11.6 Å². The number of benzene rings is 1. The van der Waals surface area contributed by atoms with Gasteiger partial charge in [-0.05, 0) is 31.5 Å². The van der Waals surface area contributed by atoms with E-state index < -0.39 is 0 Å². The molecule has 1 aromatic heterocycles. The number of aromatic nitrogens is 1. The lowest BCUT2D eigenvalue weighted by molar-refractivity contribution is 0.167. The first-order chi connectivity index (χ1) is 7.59. The van der Waals surface area contributed by atoms with Gasteiger partial charge in [0.1, 0.15) is 0 Å². The van der Waals surface area contributed by atoms with Crippen LogP contribution in [0.25, 0.3) is 10.9 Å². The van der Waals surface area contributed by atoms with Crippen molar-refractivity contribution in [3.05, 3.63) is 41.6 Å². The Morgan fingerprint density at radius 1 is 1.19 bits per heavy atom. The Balaban J connectivity index is 2.58. The molecule has 0 fully saturated rings. The Morgan fingerprint density at radius 3 is 2.56 bits per heavy atom. The van der Waals surface area contributed by atoms with Gasteiger partial charge in [0.25, 0.3) is 0 Å². The maximum Gasteiger partial charge on any atom is 0.0705 e. The molecule has 84 valence electrons. The highest BCUT2D eigenvalue weighted by molar-refractivity contribution is 5.79. The zero-order chi connectivity index (χ0) is 11.7. The van der Waals surface area contributed by atoms with Gasteiger partial charge in [0, 0.05) is 17.0 Å². The maximum atomic E-state index is 9.63. The summed E-state index contributed by atoms with van der Waals surface area (Å²) in [5.41, 5.74) is 3.14. The molecule has 0 spiro atoms. The summed E-state index contributed by atoms with van der Waals surface area (Å²) in [6.45, 7) is 5.86. The molecule has 0 bridgehead atoms. The van der Waals surface area contributed by atoms with Crippen molar-refractivity contribution in [2.24, 2.45) is 0 Å². The summed E-state index contributed by atoms with van der Waals surface area (Å²) in [6, 6.07) is 10.2. The SMILES string of the molecule is Cc1cc2ccccc2nc1C(C)C(C)O. The molecule has 2 heteroatoms. The number of para-hydroxylation sites is 1. The van der Waals surface area contributed by atoms with Gasteiger partial charge in [-0.1, -0.05) is 25.1 Å². The highest BCUT2D eigenvalue weighted by atomic mass is 16.3. The van der Waals surface area contributed by atoms with E-state index in [-0.39, 0.29) is 12.0 Å². The first-order valence-corrected chi connectivity index (χ1v) is 5.64. The minimum absolute atomic E-state index is 0.0737. The third kappa shape index (κ3) is 1.93. The van der Waals surface area contributed by atoms with E-state index in [2.05, 4.69) is 17.1 Å². The topological polar surface area (TPSA) is 33.1 Å². The molecule has 2 unspecified atom stereocenters. The number of pyridine rings is 1. The first kappa shape index (κ1) is 11.1. The van der Waals surface area contributed by atoms with E-state index in [0.29, 0.717) is 0 Å². The Kier molecular flexibility index (Phi) is 2.92. The monoisotopic (exact) mass is 215 g/mol. The molecule has 0 amide bonds. The van der Waals surface area contributed by atoms with E-state index in [1.165, 1.54) is 0 Å². The summed E-state index contributed by atoms with van der Waals surface area (Å²) in [5, 5.41) is 10.8. The van der Waals surface area contributed by atoms with E-state index in [4.69, 9.17) is 0 Å². The van der Waals surface area contributed by atoms with Crippen LogP contribution in [0.2, 0.25) is 0 Å². The Bertz CT molecular complexity index is 505. The van der Waals surface area contributed by atoms with Crippen molar-refractivity contribution in [2.75, 3.05) is 0 Å². The minimum atomic E-state index is -0.368. The molecular formula is C14H17NO. The van der Waals surface area contributed by atoms with Crippen LogP contribution in [0.5, 0.6) is 0 Å². The van der Waals surface area contributed by atoms with Gasteiger partial charge in [0.2, 0.25) is 0 Å². The number of hydrogen-bond donors (Lipinski definition) is 1. The van der Waals surface area contributed by atoms with Crippen molar-refractivity contribution in [3.8, 4) is 0 Å². The van der Waals surface area contributed by atoms with Crippen LogP contribution >= 0.6 is 0 Å². The molecule has 1 aromatic carbocycles. The molecule has 0 aliphatic rings. The summed E-state index contributed by atoms with van der Waals surface area (Å²) < 4.78 is 0. The van der Waals surface area contributed by atoms with Crippen LogP contribution in [-0.2, 0) is 0 Å². The molecule has 0 aliphatic heterocycles. The lowest BCUT2D eigenvalue weighted by atomic mass is 9.97. The summed E-state index contributed by atoms with van der Waals surface area (Å²) in [4.78, 5) is 4.64. The van der Waals surface area contributed by atoms with Gasteiger partial charge < -0.3 is 5.11 Å². The van der Waals surface area contributed by atoms with Crippen molar-refractivity contribution >= 4 is 10.9 Å². The van der Waals surface area contributed by atoms with Crippen molar-refractivity contribution in [1.82, 2.24) is 4.98 Å². The van der Waals surface area contributed by atoms with E-state index in [1.54, 1.807) is 6.92 Å². The van der Waals surface area contributed by atoms with Crippen molar-refractivity contribution in [2.45, 2.75) is 32.8 Å². The van der Waals surface area contributed by atoms with Crippen LogP contribution in [-0.4, -0.2) is 16.2 Å². The van der Waals surface area contributed by atoms with E-state index in [0.717, 1.165) is 22.2 Å². The first-order valence-electron chi connectivity index (χ1n) is 5.64. The summed E-state index contributed by atoms with van der Waals surface area (Å²) in [5.74, 6) is 0.0737. The lowest BCUT2D eigenvalue weighted by Crippen LogP contribution is -2.13. The number of aryl methyl sites for hydroxylation is 1. The van der Waals surface area contributed by atoms with Gasteiger partial charge in [0.15, 0.2) is 0 Å². The molecule has 0 radical (unpaired) electrons. The Labute approximate surface area is 96.0 Å². The van der Waals surface area contributed by atoms with Crippen LogP contribution in [0.3, 0.4) is 0 Å². The van der Waals surface area contributed by atoms with Crippen LogP contribution < -0.4 is 0 Å². The fraction of sp³-hybridized carbons (Fsp3) is 0.357. The number of aliphatic hydroxyl groups is 1. The van der Waals surface area contributed by atoms with Gasteiger partial charge in [-0.15, -0.1) is 0 Å². The molecule has 2 rings (SSSR count). The lowest BCUT2D eigenvalue weighted by Gasteiger charge is -2.17. The fourth-order valence-corrected chi connectivity index (χ4v) is 1.93. The molecule has 0 saturated carbocycles. The van der Waals surface area contributed by atoms with Crippen LogP contribution in [0, 0.1) is 6.92 Å². The van der Waals surface area contributed by atoms with Gasteiger partial charge in [-0.3, -0.25) is 4.98 Å². The minimum Gasteiger partial charge on any atom is -0.393 e. The fourth-order valence-electron chi connectivity index (χ4n) is 1.93. The van der Waals surface area contributed by atoms with Crippen LogP contribution in [0.1, 0.15) is 31.0 Å². The maximum absolute atomic E-state index is 9.63. The predicted molar refractivity (Wildman–Crippen MR) is 66.6 cm³/mol. The average molecular weight is 215 g/mol. The standard InChI is InChI=1S/C14H17NO/c1-9-8-12-6-4-5-7-13(12)15-14(9)10(2)11(3)16/h4-8,10-11,16H,1-3H3. The molecule has 1 N–H and O–H groups in total. The normalized spacial score (nSPS) is 15.0. The molecule has 1 heterocycles. The summed E-state index contributed by atoms with van der Waals surface area (Å²) in [6.07, 6.45) is -0.368. The third-order valence-electron chi connectivity index (χ3n) is 3.11. The number of hydrogen-bond acceptors (Lipinski definition) is 2. The Hall–Kier alpha value is -1.41. The molecule has 2 aromatic rings. The second-order valence-electron chi connectivity index (χ2n) is 4.41. The number of aliphatic hydroxyl groups excluding tert-OH is 1. The average Bonchev–Trinajstić information content (AvgIpc) is 2.27. The van der Waals surface area contributed by atoms with Crippen LogP contribution in [0.15, 0.2) is 30.3 Å². The predicted octanol–water partition coefficient (Wildman–Crippen LogP) is 3.03. The molecule has 16 heavy (non-hydrogen) atoms. The quantitative estimate of drug-likeness (QED) is 0.835. The number of nitrogens with zero attached hydrogens (tertiary/aromatic N) is 1. The second kappa shape index (κ2) is 4.22. The number of rotatable bonds is 2. The highest BCUT2D eigenvalue weighted by Gasteiger charge is 2.15. The zero-order valence-electron chi connectivity index (χ0n) is 9.94. The third-order valence-corrected chi connectivity index (χ3v) is 3.11. The molecule has 0 aliphatic carbocycles. The molecule has 2 atom stereocenters. The number of fused-ring (bicyclic) bond motifs is 1. The van der Waals surface area contributed by atoms with Gasteiger partial charge in [-0.2, -0.15) is 0 Å². The molecular weight excluding hydrogens is 198 g/mol. The van der Waals surface area contributed by atoms with E-state index in [1.807, 2.05) is 32.0 Å². The summed E-state index contributed by atoms with van der Waals surface area (Å²) in [7, 11) is 0. The van der Waals surface area contributed by atoms with Crippen LogP contribution in [0.4, 0.5) is 0 Å². The van der Waals surface area contributed by atoms with Gasteiger partial charge in [-0.25, -0.2) is 0 Å². The molecule has 2 nitrogen and oxygen atoms in total. The largest absolute Gasteiger partial charge is 0.393 e. The summed E-state index contributed by atoms with van der Waals surface area (Å²) >= 11 is 0. The highest BCUT2D eigenvalue weighted by Crippen LogP contribution is 2.24. The zero-order valence-corrected chi connectivity index (χ0v) is 9.94. The Morgan fingerprint density at radius 2 is 1.88 bits per heavy atom. The molecule has 0 saturated heterocycles. The van der Waals surface area contributed by atoms with E-state index in [9.17, 15) is 5.11 Å². The van der Waals surface area contributed by atoms with E-state index >= 15 is 0 Å².